The molecule has 0 spiro atoms. The van der Waals surface area contributed by atoms with E-state index < -0.39 is 0 Å². The van der Waals surface area contributed by atoms with E-state index in [1.807, 2.05) is 0 Å². The van der Waals surface area contributed by atoms with Crippen LogP contribution in [0.25, 0.3) is 78.7 Å². The van der Waals surface area contributed by atoms with Crippen molar-refractivity contribution in [3.8, 4) is 39.1 Å². The second-order valence-corrected chi connectivity index (χ2v) is 16.9. The van der Waals surface area contributed by atoms with Gasteiger partial charge in [-0.25, -0.2) is 0 Å². The highest BCUT2D eigenvalue weighted by Crippen LogP contribution is 2.42. The summed E-state index contributed by atoms with van der Waals surface area (Å²) in [6.07, 6.45) is 16.8. The number of nitrogens with zero attached hydrogens (tertiary/aromatic N) is 3. The molecule has 0 N–H and O–H groups in total. The van der Waals surface area contributed by atoms with Crippen molar-refractivity contribution in [2.45, 2.75) is 38.1 Å². The molecule has 3 nitrogen and oxygen atoms in total. The number of aryl methyl sites for hydroxylation is 1. The lowest BCUT2D eigenvalue weighted by Gasteiger charge is -2.26. The molecule has 1 unspecified atom stereocenters. The van der Waals surface area contributed by atoms with Gasteiger partial charge in [-0.1, -0.05) is 152 Å². The number of hydrogen-bond acceptors (Lipinski definition) is 1. The fourth-order valence-electron chi connectivity index (χ4n) is 10.3. The van der Waals surface area contributed by atoms with Crippen LogP contribution in [0.1, 0.15) is 58.9 Å². The zero-order valence-corrected chi connectivity index (χ0v) is 34.6. The number of aliphatic imine (C=N–C) groups is 1. The number of aromatic nitrogens is 2. The van der Waals surface area contributed by atoms with E-state index in [9.17, 15) is 0 Å². The molecule has 0 fully saturated rings. The van der Waals surface area contributed by atoms with Crippen LogP contribution in [0.5, 0.6) is 0 Å². The van der Waals surface area contributed by atoms with Crippen LogP contribution in [0, 0.1) is 0 Å². The van der Waals surface area contributed by atoms with E-state index in [1.165, 1.54) is 89.0 Å². The van der Waals surface area contributed by atoms with Gasteiger partial charge < -0.3 is 9.13 Å². The molecule has 1 aliphatic heterocycles. The van der Waals surface area contributed by atoms with Crippen molar-refractivity contribution in [1.82, 2.24) is 9.13 Å². The molecule has 62 heavy (non-hydrogen) atoms. The molecular weight excluding hydrogens is 751 g/mol. The first-order chi connectivity index (χ1) is 30.7. The zero-order chi connectivity index (χ0) is 41.0. The normalized spacial score (nSPS) is 15.6. The Morgan fingerprint density at radius 3 is 1.73 bits per heavy atom. The molecule has 3 aliphatic rings. The van der Waals surface area contributed by atoms with Crippen molar-refractivity contribution in [2.24, 2.45) is 4.99 Å². The number of benzene rings is 7. The first kappa shape index (κ1) is 36.4. The molecule has 9 aromatic rings. The summed E-state index contributed by atoms with van der Waals surface area (Å²) in [6, 6.07) is 64.5. The summed E-state index contributed by atoms with van der Waals surface area (Å²) in [5.41, 5.74) is 21.1. The van der Waals surface area contributed by atoms with E-state index in [0.717, 1.165) is 49.1 Å². The van der Waals surface area contributed by atoms with E-state index in [2.05, 4.69) is 215 Å². The van der Waals surface area contributed by atoms with Gasteiger partial charge in [0.15, 0.2) is 0 Å². The Balaban J connectivity index is 0.986. The third-order valence-corrected chi connectivity index (χ3v) is 13.2. The van der Waals surface area contributed by atoms with Crippen LogP contribution in [-0.2, 0) is 12.8 Å². The predicted molar refractivity (Wildman–Crippen MR) is 261 cm³/mol. The first-order valence-electron chi connectivity index (χ1n) is 22.1. The minimum atomic E-state index is 0.120. The van der Waals surface area contributed by atoms with Crippen LogP contribution in [0.4, 0.5) is 0 Å². The van der Waals surface area contributed by atoms with Gasteiger partial charge in [-0.05, 0) is 130 Å². The molecule has 1 atom stereocenters. The smallest absolute Gasteiger partial charge is 0.0686 e. The molecule has 296 valence electrons. The lowest BCUT2D eigenvalue weighted by Crippen LogP contribution is -2.18. The van der Waals surface area contributed by atoms with Crippen molar-refractivity contribution in [1.29, 1.82) is 0 Å². The Bertz CT molecular complexity index is 3230. The second-order valence-electron chi connectivity index (χ2n) is 16.9. The highest BCUT2D eigenvalue weighted by molar-refractivity contribution is 6.05. The third-order valence-electron chi connectivity index (χ3n) is 13.2. The maximum Gasteiger partial charge on any atom is 0.0686 e. The summed E-state index contributed by atoms with van der Waals surface area (Å²) >= 11 is 0. The van der Waals surface area contributed by atoms with E-state index in [-0.39, 0.29) is 6.04 Å². The van der Waals surface area contributed by atoms with E-state index in [4.69, 9.17) is 4.99 Å². The van der Waals surface area contributed by atoms with Crippen molar-refractivity contribution in [3.05, 3.63) is 228 Å². The molecule has 0 radical (unpaired) electrons. The van der Waals surface area contributed by atoms with Crippen molar-refractivity contribution >= 4 is 45.4 Å². The highest BCUT2D eigenvalue weighted by atomic mass is 15.0. The van der Waals surface area contributed by atoms with Gasteiger partial charge >= 0.3 is 0 Å². The summed E-state index contributed by atoms with van der Waals surface area (Å²) in [4.78, 5) is 5.28. The summed E-state index contributed by atoms with van der Waals surface area (Å²) in [5, 5.41) is 2.65. The minimum Gasteiger partial charge on any atom is -0.333 e. The van der Waals surface area contributed by atoms with Crippen molar-refractivity contribution in [3.63, 3.8) is 0 Å². The first-order valence-corrected chi connectivity index (χ1v) is 22.1. The molecule has 12 rings (SSSR count). The largest absolute Gasteiger partial charge is 0.333 e. The topological polar surface area (TPSA) is 22.2 Å². The number of fused-ring (bicyclic) bond motifs is 6. The Morgan fingerprint density at radius 2 is 1.05 bits per heavy atom. The monoisotopic (exact) mass is 795 g/mol. The van der Waals surface area contributed by atoms with Gasteiger partial charge in [0.05, 0.1) is 23.0 Å². The minimum absolute atomic E-state index is 0.120. The number of allylic oxidation sites excluding steroid dienone is 3. The molecule has 3 heterocycles. The summed E-state index contributed by atoms with van der Waals surface area (Å²) in [7, 11) is 0. The van der Waals surface area contributed by atoms with E-state index in [1.54, 1.807) is 0 Å². The van der Waals surface area contributed by atoms with Crippen LogP contribution in [0.3, 0.4) is 0 Å². The van der Waals surface area contributed by atoms with E-state index in [0.29, 0.717) is 0 Å². The maximum atomic E-state index is 5.28. The van der Waals surface area contributed by atoms with Gasteiger partial charge in [-0.2, -0.15) is 0 Å². The average molecular weight is 796 g/mol. The molecule has 3 heteroatoms. The molecular formula is C59H45N3. The SMILES string of the molecule is C1=Cc2c(c3cc(-c4ccc5c(c4)c4c(n5-c5cc(-c6ccccc6)cc(-c6ccccc6)c5)CCC=C4)ccc3n2C2C=C(c3ccccc3)N=C(c3ccccc3)C2)CC1. The second kappa shape index (κ2) is 15.2. The zero-order valence-electron chi connectivity index (χ0n) is 34.6. The lowest BCUT2D eigenvalue weighted by molar-refractivity contribution is 0.636. The Hall–Kier alpha value is -7.49. The molecule has 0 bridgehead atoms. The van der Waals surface area contributed by atoms with Crippen molar-refractivity contribution < 1.29 is 0 Å². The van der Waals surface area contributed by atoms with Gasteiger partial charge in [-0.15, -0.1) is 0 Å². The summed E-state index contributed by atoms with van der Waals surface area (Å²) < 4.78 is 5.14. The summed E-state index contributed by atoms with van der Waals surface area (Å²) in [5.74, 6) is 0. The maximum absolute atomic E-state index is 5.28. The Morgan fingerprint density at radius 1 is 0.468 bits per heavy atom. The van der Waals surface area contributed by atoms with Crippen LogP contribution in [-0.4, -0.2) is 14.8 Å². The van der Waals surface area contributed by atoms with Gasteiger partial charge in [0, 0.05) is 45.3 Å². The van der Waals surface area contributed by atoms with Gasteiger partial charge in [-0.3, -0.25) is 4.99 Å². The average Bonchev–Trinajstić information content (AvgIpc) is 3.87. The molecule has 2 aromatic heterocycles. The Kier molecular flexibility index (Phi) is 8.92. The fourth-order valence-corrected chi connectivity index (χ4v) is 10.3. The predicted octanol–water partition coefficient (Wildman–Crippen LogP) is 15.0. The van der Waals surface area contributed by atoms with Crippen molar-refractivity contribution in [2.75, 3.05) is 0 Å². The third kappa shape index (κ3) is 6.32. The van der Waals surface area contributed by atoms with Crippen LogP contribution in [0.15, 0.2) is 199 Å². The molecule has 0 saturated heterocycles. The fraction of sp³-hybridized carbons (Fsp3) is 0.102. The molecule has 0 saturated carbocycles. The Labute approximate surface area is 363 Å². The standard InChI is InChI=1S/C59H45N3/c1-5-17-40(18-6-1)46-33-47(41-19-7-2-8-20-41)35-48(34-46)61-56-27-15-13-25-50(56)52-36-44(29-31-58(52)61)45-30-32-59-53(37-45)51-26-14-16-28-57(51)62(59)49-38-54(42-21-9-3-10-22-42)60-55(39-49)43-23-11-4-12-24-43/h1-13,16-25,28-38,49H,14-15,26-27,39H2. The number of rotatable bonds is 7. The van der Waals surface area contributed by atoms with Gasteiger partial charge in [0.25, 0.3) is 0 Å². The summed E-state index contributed by atoms with van der Waals surface area (Å²) in [6.45, 7) is 0. The molecule has 2 aliphatic carbocycles. The molecule has 7 aromatic carbocycles. The highest BCUT2D eigenvalue weighted by Gasteiger charge is 2.27. The van der Waals surface area contributed by atoms with Crippen LogP contribution in [0.2, 0.25) is 0 Å². The number of hydrogen-bond donors (Lipinski definition) is 0. The lowest BCUT2D eigenvalue weighted by atomic mass is 9.96. The van der Waals surface area contributed by atoms with Gasteiger partial charge in [0.2, 0.25) is 0 Å². The van der Waals surface area contributed by atoms with E-state index >= 15 is 0 Å². The quantitative estimate of drug-likeness (QED) is 0.153. The molecule has 0 amide bonds. The van der Waals surface area contributed by atoms with Gasteiger partial charge in [0.1, 0.15) is 0 Å². The van der Waals surface area contributed by atoms with Crippen LogP contribution >= 0.6 is 0 Å². The van der Waals surface area contributed by atoms with Crippen LogP contribution < -0.4 is 0 Å².